The molecule has 0 saturated carbocycles. The van der Waals surface area contributed by atoms with Gasteiger partial charge in [-0.2, -0.15) is 5.26 Å². The predicted octanol–water partition coefficient (Wildman–Crippen LogP) is 4.28. The van der Waals surface area contributed by atoms with Gasteiger partial charge in [-0.25, -0.2) is 0 Å². The maximum Gasteiger partial charge on any atom is 0.124 e. The number of hydrogen-bond acceptors (Lipinski definition) is 2. The minimum atomic E-state index is 0.0569. The number of fused-ring (bicyclic) bond motifs is 1. The van der Waals surface area contributed by atoms with E-state index in [1.807, 2.05) is 42.5 Å². The molecule has 3 rings (SSSR count). The van der Waals surface area contributed by atoms with Crippen LogP contribution in [0.4, 0.5) is 0 Å². The minimum Gasteiger partial charge on any atom is -0.485 e. The summed E-state index contributed by atoms with van der Waals surface area (Å²) in [6.07, 6.45) is 1.95. The number of halogens is 1. The maximum atomic E-state index is 8.80. The first-order chi connectivity index (χ1) is 9.26. The monoisotopic (exact) mass is 269 g/mol. The van der Waals surface area contributed by atoms with E-state index < -0.39 is 0 Å². The van der Waals surface area contributed by atoms with E-state index >= 15 is 0 Å². The van der Waals surface area contributed by atoms with Crippen molar-refractivity contribution >= 4 is 11.6 Å². The smallest absolute Gasteiger partial charge is 0.124 e. The number of hydrogen-bond donors (Lipinski definition) is 0. The molecule has 0 fully saturated rings. The van der Waals surface area contributed by atoms with Gasteiger partial charge in [-0.05, 0) is 54.3 Å². The van der Waals surface area contributed by atoms with Crippen molar-refractivity contribution in [1.29, 1.82) is 5.26 Å². The Kier molecular flexibility index (Phi) is 3.15. The van der Waals surface area contributed by atoms with Gasteiger partial charge in [-0.3, -0.25) is 0 Å². The van der Waals surface area contributed by atoms with Crippen molar-refractivity contribution < 1.29 is 4.74 Å². The summed E-state index contributed by atoms with van der Waals surface area (Å²) in [5.41, 5.74) is 2.95. The quantitative estimate of drug-likeness (QED) is 0.774. The summed E-state index contributed by atoms with van der Waals surface area (Å²) in [5.74, 6) is 0.907. The Balaban J connectivity index is 1.85. The Labute approximate surface area is 117 Å². The van der Waals surface area contributed by atoms with E-state index in [9.17, 15) is 0 Å². The molecule has 0 spiro atoms. The van der Waals surface area contributed by atoms with Gasteiger partial charge in [0.05, 0.1) is 11.6 Å². The molecule has 1 atom stereocenters. The normalized spacial score (nSPS) is 17.2. The van der Waals surface area contributed by atoms with Crippen LogP contribution in [-0.4, -0.2) is 0 Å². The zero-order chi connectivity index (χ0) is 13.2. The highest BCUT2D eigenvalue weighted by Crippen LogP contribution is 2.36. The fraction of sp³-hybridized carbons (Fsp3) is 0.188. The van der Waals surface area contributed by atoms with Crippen molar-refractivity contribution in [1.82, 2.24) is 0 Å². The first kappa shape index (κ1) is 12.1. The lowest BCUT2D eigenvalue weighted by Gasteiger charge is -2.26. The highest BCUT2D eigenvalue weighted by Gasteiger charge is 2.21. The summed E-state index contributed by atoms with van der Waals surface area (Å²) >= 11 is 5.98. The van der Waals surface area contributed by atoms with Gasteiger partial charge in [0.15, 0.2) is 0 Å². The lowest BCUT2D eigenvalue weighted by Crippen LogP contribution is -2.15. The van der Waals surface area contributed by atoms with E-state index in [4.69, 9.17) is 21.6 Å². The van der Waals surface area contributed by atoms with Crippen LogP contribution < -0.4 is 4.74 Å². The zero-order valence-corrected chi connectivity index (χ0v) is 11.0. The van der Waals surface area contributed by atoms with Crippen LogP contribution in [0.5, 0.6) is 5.75 Å². The fourth-order valence-electron chi connectivity index (χ4n) is 2.36. The molecule has 1 unspecified atom stereocenters. The van der Waals surface area contributed by atoms with E-state index in [1.165, 1.54) is 0 Å². The second-order valence-electron chi connectivity index (χ2n) is 4.63. The van der Waals surface area contributed by atoms with Gasteiger partial charge in [-0.1, -0.05) is 23.7 Å². The van der Waals surface area contributed by atoms with Crippen molar-refractivity contribution in [2.75, 3.05) is 0 Å². The van der Waals surface area contributed by atoms with Gasteiger partial charge in [0.25, 0.3) is 0 Å². The summed E-state index contributed by atoms with van der Waals surface area (Å²) in [6.45, 7) is 0. The van der Waals surface area contributed by atoms with Crippen molar-refractivity contribution in [3.63, 3.8) is 0 Å². The molecule has 1 aliphatic heterocycles. The highest BCUT2D eigenvalue weighted by molar-refractivity contribution is 6.30. The number of nitriles is 1. The molecule has 2 aromatic rings. The van der Waals surface area contributed by atoms with Crippen molar-refractivity contribution in [3.8, 4) is 11.8 Å². The van der Waals surface area contributed by atoms with Crippen LogP contribution in [0.2, 0.25) is 5.02 Å². The molecule has 0 aromatic heterocycles. The Hall–Kier alpha value is -1.98. The van der Waals surface area contributed by atoms with E-state index in [1.54, 1.807) is 0 Å². The second-order valence-corrected chi connectivity index (χ2v) is 5.07. The predicted molar refractivity (Wildman–Crippen MR) is 74.3 cm³/mol. The molecule has 1 heterocycles. The van der Waals surface area contributed by atoms with Crippen LogP contribution in [0, 0.1) is 11.3 Å². The number of nitrogens with zero attached hydrogens (tertiary/aromatic N) is 1. The van der Waals surface area contributed by atoms with Crippen LogP contribution in [0.15, 0.2) is 42.5 Å². The molecule has 19 heavy (non-hydrogen) atoms. The Morgan fingerprint density at radius 2 is 1.95 bits per heavy atom. The van der Waals surface area contributed by atoms with Gasteiger partial charge in [0.2, 0.25) is 0 Å². The van der Waals surface area contributed by atoms with Crippen molar-refractivity contribution in [3.05, 3.63) is 64.2 Å². The van der Waals surface area contributed by atoms with Crippen LogP contribution >= 0.6 is 11.6 Å². The Bertz CT molecular complexity index is 643. The van der Waals surface area contributed by atoms with Crippen LogP contribution in [0.25, 0.3) is 0 Å². The van der Waals surface area contributed by atoms with Crippen LogP contribution in [0.1, 0.15) is 29.2 Å². The van der Waals surface area contributed by atoms with Crippen molar-refractivity contribution in [2.24, 2.45) is 0 Å². The zero-order valence-electron chi connectivity index (χ0n) is 10.3. The van der Waals surface area contributed by atoms with Gasteiger partial charge in [0, 0.05) is 5.02 Å². The first-order valence-electron chi connectivity index (χ1n) is 6.21. The Morgan fingerprint density at radius 3 is 2.68 bits per heavy atom. The molecule has 0 N–H and O–H groups in total. The van der Waals surface area contributed by atoms with E-state index in [0.29, 0.717) is 5.56 Å². The molecule has 0 radical (unpaired) electrons. The Morgan fingerprint density at radius 1 is 1.16 bits per heavy atom. The van der Waals surface area contributed by atoms with E-state index in [-0.39, 0.29) is 6.10 Å². The number of aryl methyl sites for hydroxylation is 1. The fourth-order valence-corrected chi connectivity index (χ4v) is 2.56. The standard InChI is InChI=1S/C16H12ClNO/c17-14-6-8-16-13(9-14)5-7-15(19-16)12-3-1-11(10-18)2-4-12/h1-4,6,8-9,15H,5,7H2. The lowest BCUT2D eigenvalue weighted by atomic mass is 9.97. The molecule has 3 heteroatoms. The van der Waals surface area contributed by atoms with Gasteiger partial charge in [0.1, 0.15) is 11.9 Å². The van der Waals surface area contributed by atoms with Crippen LogP contribution in [0.3, 0.4) is 0 Å². The number of benzene rings is 2. The second kappa shape index (κ2) is 4.95. The summed E-state index contributed by atoms with van der Waals surface area (Å²) in [6, 6.07) is 15.4. The number of rotatable bonds is 1. The SMILES string of the molecule is N#Cc1ccc(C2CCc3cc(Cl)ccc3O2)cc1. The van der Waals surface area contributed by atoms with Crippen LogP contribution in [-0.2, 0) is 6.42 Å². The first-order valence-corrected chi connectivity index (χ1v) is 6.59. The lowest BCUT2D eigenvalue weighted by molar-refractivity contribution is 0.176. The molecule has 2 nitrogen and oxygen atoms in total. The molecular formula is C16H12ClNO. The summed E-state index contributed by atoms with van der Waals surface area (Å²) in [4.78, 5) is 0. The third-order valence-corrected chi connectivity index (χ3v) is 3.61. The molecular weight excluding hydrogens is 258 g/mol. The van der Waals surface area contributed by atoms with Crippen molar-refractivity contribution in [2.45, 2.75) is 18.9 Å². The van der Waals surface area contributed by atoms with E-state index in [2.05, 4.69) is 6.07 Å². The summed E-state index contributed by atoms with van der Waals surface area (Å²) in [5, 5.41) is 9.55. The molecule has 0 saturated heterocycles. The molecule has 2 aromatic carbocycles. The molecule has 94 valence electrons. The third kappa shape index (κ3) is 2.43. The molecule has 0 amide bonds. The molecule has 0 aliphatic carbocycles. The summed E-state index contributed by atoms with van der Waals surface area (Å²) in [7, 11) is 0. The maximum absolute atomic E-state index is 8.80. The largest absolute Gasteiger partial charge is 0.485 e. The highest BCUT2D eigenvalue weighted by atomic mass is 35.5. The average Bonchev–Trinajstić information content (AvgIpc) is 2.47. The molecule has 1 aliphatic rings. The minimum absolute atomic E-state index is 0.0569. The topological polar surface area (TPSA) is 33.0 Å². The van der Waals surface area contributed by atoms with Gasteiger partial charge < -0.3 is 4.74 Å². The van der Waals surface area contributed by atoms with Gasteiger partial charge >= 0.3 is 0 Å². The number of ether oxygens (including phenoxy) is 1. The van der Waals surface area contributed by atoms with Gasteiger partial charge in [-0.15, -0.1) is 0 Å². The average molecular weight is 270 g/mol. The van der Waals surface area contributed by atoms with E-state index in [0.717, 1.165) is 34.7 Å². The summed E-state index contributed by atoms with van der Waals surface area (Å²) < 4.78 is 6.00. The molecule has 0 bridgehead atoms. The third-order valence-electron chi connectivity index (χ3n) is 3.38.